The van der Waals surface area contributed by atoms with Crippen LogP contribution in [-0.2, 0) is 10.0 Å². The molecule has 0 radical (unpaired) electrons. The molecule has 2 aliphatic rings. The Morgan fingerprint density at radius 3 is 2.43 bits per heavy atom. The first-order chi connectivity index (χ1) is 14.3. The first kappa shape index (κ1) is 22.8. The molecule has 0 bridgehead atoms. The van der Waals surface area contributed by atoms with Gasteiger partial charge in [0.05, 0.1) is 12.7 Å². The molecule has 0 saturated carbocycles. The van der Waals surface area contributed by atoms with Gasteiger partial charge in [-0.05, 0) is 57.3 Å². The molecule has 1 amide bonds. The number of nitrogens with one attached hydrogen (secondary N) is 2. The molecule has 1 fully saturated rings. The molecule has 2 N–H and O–H groups in total. The lowest BCUT2D eigenvalue weighted by Crippen LogP contribution is -2.67. The Hall–Kier alpha value is -1.90. The van der Waals surface area contributed by atoms with Crippen molar-refractivity contribution >= 4 is 15.9 Å². The SMILES string of the molecule is COc1ccccc1C(=O)NC(C1CC=CCC1)(C1CCNCC1)S(=O)(=O)N(C)C. The summed E-state index contributed by atoms with van der Waals surface area (Å²) in [4.78, 5) is 12.1. The molecule has 30 heavy (non-hydrogen) atoms. The van der Waals surface area contributed by atoms with Crippen molar-refractivity contribution in [1.82, 2.24) is 14.9 Å². The number of nitrogens with zero attached hydrogens (tertiary/aromatic N) is 1. The largest absolute Gasteiger partial charge is 0.496 e. The Morgan fingerprint density at radius 2 is 1.83 bits per heavy atom. The Morgan fingerprint density at radius 1 is 1.13 bits per heavy atom. The van der Waals surface area contributed by atoms with Crippen molar-refractivity contribution in [1.29, 1.82) is 0 Å². The van der Waals surface area contributed by atoms with E-state index in [1.807, 2.05) is 6.08 Å². The Kier molecular flexibility index (Phi) is 7.21. The third-order valence-corrected chi connectivity index (χ3v) is 8.97. The number of benzene rings is 1. The van der Waals surface area contributed by atoms with Gasteiger partial charge < -0.3 is 15.4 Å². The number of para-hydroxylation sites is 1. The number of ether oxygens (including phenoxy) is 1. The fourth-order valence-corrected chi connectivity index (χ4v) is 6.95. The molecule has 3 rings (SSSR count). The predicted molar refractivity (Wildman–Crippen MR) is 118 cm³/mol. The average molecular weight is 436 g/mol. The van der Waals surface area contributed by atoms with E-state index in [0.29, 0.717) is 30.6 Å². The van der Waals surface area contributed by atoms with E-state index >= 15 is 0 Å². The van der Waals surface area contributed by atoms with E-state index in [9.17, 15) is 13.2 Å². The van der Waals surface area contributed by atoms with E-state index < -0.39 is 20.8 Å². The highest BCUT2D eigenvalue weighted by Crippen LogP contribution is 2.44. The molecule has 7 nitrogen and oxygen atoms in total. The van der Waals surface area contributed by atoms with Crippen LogP contribution in [0.15, 0.2) is 36.4 Å². The van der Waals surface area contributed by atoms with Crippen molar-refractivity contribution < 1.29 is 17.9 Å². The number of allylic oxidation sites excluding steroid dienone is 2. The molecule has 0 aromatic heterocycles. The summed E-state index contributed by atoms with van der Waals surface area (Å²) >= 11 is 0. The topological polar surface area (TPSA) is 87.7 Å². The third kappa shape index (κ3) is 4.13. The monoisotopic (exact) mass is 435 g/mol. The van der Waals surface area contributed by atoms with Gasteiger partial charge in [-0.25, -0.2) is 12.7 Å². The molecule has 1 heterocycles. The van der Waals surface area contributed by atoms with E-state index in [-0.39, 0.29) is 11.8 Å². The maximum Gasteiger partial charge on any atom is 0.256 e. The summed E-state index contributed by atoms with van der Waals surface area (Å²) in [5.41, 5.74) is 0.346. The van der Waals surface area contributed by atoms with Crippen molar-refractivity contribution in [2.75, 3.05) is 34.3 Å². The summed E-state index contributed by atoms with van der Waals surface area (Å²) in [5, 5.41) is 6.39. The van der Waals surface area contributed by atoms with Crippen molar-refractivity contribution in [3.63, 3.8) is 0 Å². The van der Waals surface area contributed by atoms with Crippen molar-refractivity contribution in [3.05, 3.63) is 42.0 Å². The fraction of sp³-hybridized carbons (Fsp3) is 0.591. The van der Waals surface area contributed by atoms with Gasteiger partial charge in [-0.1, -0.05) is 24.3 Å². The molecule has 1 saturated heterocycles. The molecule has 0 spiro atoms. The van der Waals surface area contributed by atoms with E-state index in [1.165, 1.54) is 11.4 Å². The van der Waals surface area contributed by atoms with Gasteiger partial charge in [0.1, 0.15) is 5.75 Å². The summed E-state index contributed by atoms with van der Waals surface area (Å²) < 4.78 is 34.5. The van der Waals surface area contributed by atoms with Gasteiger partial charge in [-0.2, -0.15) is 0 Å². The maximum atomic E-state index is 13.9. The van der Waals surface area contributed by atoms with Crippen LogP contribution < -0.4 is 15.4 Å². The van der Waals surface area contributed by atoms with Crippen molar-refractivity contribution in [3.8, 4) is 5.75 Å². The number of sulfonamides is 1. The molecule has 1 aromatic carbocycles. The van der Waals surface area contributed by atoms with E-state index in [1.54, 1.807) is 38.4 Å². The normalized spacial score (nSPS) is 22.5. The average Bonchev–Trinajstić information content (AvgIpc) is 2.78. The summed E-state index contributed by atoms with van der Waals surface area (Å²) in [6, 6.07) is 6.93. The minimum atomic E-state index is -3.82. The number of carbonyl (C=O) groups excluding carboxylic acids is 1. The second-order valence-electron chi connectivity index (χ2n) is 8.24. The number of carbonyl (C=O) groups is 1. The van der Waals surface area contributed by atoms with Gasteiger partial charge in [0.15, 0.2) is 4.87 Å². The van der Waals surface area contributed by atoms with Crippen LogP contribution in [0.4, 0.5) is 0 Å². The molecule has 1 aliphatic carbocycles. The van der Waals surface area contributed by atoms with Crippen LogP contribution in [0.5, 0.6) is 5.75 Å². The van der Waals surface area contributed by atoms with Crippen LogP contribution in [-0.4, -0.2) is 57.8 Å². The lowest BCUT2D eigenvalue weighted by molar-refractivity contribution is 0.0820. The zero-order valence-corrected chi connectivity index (χ0v) is 18.9. The van der Waals surface area contributed by atoms with Crippen LogP contribution in [0, 0.1) is 11.8 Å². The molecule has 8 heteroatoms. The third-order valence-electron chi connectivity index (χ3n) is 6.39. The fourth-order valence-electron chi connectivity index (χ4n) is 4.84. The highest BCUT2D eigenvalue weighted by Gasteiger charge is 2.57. The number of hydrogen-bond acceptors (Lipinski definition) is 5. The quantitative estimate of drug-likeness (QED) is 0.642. The number of piperidine rings is 1. The smallest absolute Gasteiger partial charge is 0.256 e. The van der Waals surface area contributed by atoms with Crippen molar-refractivity contribution in [2.24, 2.45) is 11.8 Å². The molecular formula is C22H33N3O4S. The standard InChI is InChI=1S/C22H33N3O4S/c1-25(2)30(27,28)22(17-9-5-4-6-10-17,18-13-15-23-16-14-18)24-21(26)19-11-7-8-12-20(19)29-3/h4-5,7-8,11-12,17-18,23H,6,9-10,13-16H2,1-3H3,(H,24,26). The van der Waals surface area contributed by atoms with Gasteiger partial charge in [-0.15, -0.1) is 0 Å². The van der Waals surface area contributed by atoms with Gasteiger partial charge in [0.25, 0.3) is 5.91 Å². The first-order valence-electron chi connectivity index (χ1n) is 10.6. The van der Waals surface area contributed by atoms with Crippen LogP contribution in [0.25, 0.3) is 0 Å². The first-order valence-corrected chi connectivity index (χ1v) is 12.0. The summed E-state index contributed by atoms with van der Waals surface area (Å²) in [7, 11) is 0.794. The van der Waals surface area contributed by atoms with Gasteiger partial charge >= 0.3 is 0 Å². The molecule has 2 atom stereocenters. The predicted octanol–water partition coefficient (Wildman–Crippen LogP) is 2.37. The van der Waals surface area contributed by atoms with Gasteiger partial charge in [0, 0.05) is 25.9 Å². The van der Waals surface area contributed by atoms with Crippen LogP contribution >= 0.6 is 0 Å². The zero-order chi connectivity index (χ0) is 21.8. The lowest BCUT2D eigenvalue weighted by Gasteiger charge is -2.48. The molecule has 166 valence electrons. The van der Waals surface area contributed by atoms with E-state index in [2.05, 4.69) is 16.7 Å². The highest BCUT2D eigenvalue weighted by molar-refractivity contribution is 7.90. The summed E-state index contributed by atoms with van der Waals surface area (Å²) in [6.45, 7) is 1.48. The minimum Gasteiger partial charge on any atom is -0.496 e. The van der Waals surface area contributed by atoms with E-state index in [4.69, 9.17) is 4.74 Å². The summed E-state index contributed by atoms with van der Waals surface area (Å²) in [5.74, 6) is -0.357. The van der Waals surface area contributed by atoms with Gasteiger partial charge in [-0.3, -0.25) is 4.79 Å². The Bertz CT molecular complexity index is 878. The number of amides is 1. The molecule has 1 aliphatic heterocycles. The molecular weight excluding hydrogens is 402 g/mol. The molecule has 1 aromatic rings. The minimum absolute atomic E-state index is 0.179. The second-order valence-corrected chi connectivity index (χ2v) is 10.6. The zero-order valence-electron chi connectivity index (χ0n) is 18.1. The van der Waals surface area contributed by atoms with Crippen LogP contribution in [0.2, 0.25) is 0 Å². The maximum absolute atomic E-state index is 13.9. The lowest BCUT2D eigenvalue weighted by atomic mass is 9.76. The highest BCUT2D eigenvalue weighted by atomic mass is 32.2. The van der Waals surface area contributed by atoms with E-state index in [0.717, 1.165) is 25.9 Å². The second kappa shape index (κ2) is 9.49. The number of hydrogen-bond donors (Lipinski definition) is 2. The number of rotatable bonds is 7. The van der Waals surface area contributed by atoms with Crippen LogP contribution in [0.1, 0.15) is 42.5 Å². The van der Waals surface area contributed by atoms with Gasteiger partial charge in [0.2, 0.25) is 10.0 Å². The molecule has 2 unspecified atom stereocenters. The summed E-state index contributed by atoms with van der Waals surface area (Å²) in [6.07, 6.45) is 7.69. The Labute approximate surface area is 179 Å². The van der Waals surface area contributed by atoms with Crippen molar-refractivity contribution in [2.45, 2.75) is 37.0 Å². The Balaban J connectivity index is 2.13. The number of methoxy groups -OCH3 is 1. The van der Waals surface area contributed by atoms with Crippen LogP contribution in [0.3, 0.4) is 0 Å².